The Balaban J connectivity index is 2.74. The van der Waals surface area contributed by atoms with Gasteiger partial charge in [-0.3, -0.25) is 0 Å². The molecule has 2 nitrogen and oxygen atoms in total. The van der Waals surface area contributed by atoms with Gasteiger partial charge in [0.1, 0.15) is 0 Å². The minimum atomic E-state index is -0.405. The molecule has 0 unspecified atom stereocenters. The lowest BCUT2D eigenvalue weighted by Crippen LogP contribution is -1.99. The second kappa shape index (κ2) is 2.89. The summed E-state index contributed by atoms with van der Waals surface area (Å²) in [5.74, 6) is 0. The van der Waals surface area contributed by atoms with E-state index in [1.54, 1.807) is 6.92 Å². The Hall–Kier alpha value is -1.28. The monoisotopic (exact) mass is 175 g/mol. The highest BCUT2D eigenvalue weighted by atomic mass is 16.3. The maximum absolute atomic E-state index is 9.48. The third-order valence-corrected chi connectivity index (χ3v) is 2.42. The van der Waals surface area contributed by atoms with Crippen LogP contribution < -0.4 is 0 Å². The van der Waals surface area contributed by atoms with Crippen LogP contribution in [0.15, 0.2) is 30.3 Å². The van der Waals surface area contributed by atoms with Crippen molar-refractivity contribution < 1.29 is 5.11 Å². The van der Waals surface area contributed by atoms with Gasteiger partial charge in [0.05, 0.1) is 6.10 Å². The van der Waals surface area contributed by atoms with Crippen molar-refractivity contribution in [3.8, 4) is 0 Å². The van der Waals surface area contributed by atoms with Gasteiger partial charge in [-0.2, -0.15) is 0 Å². The maximum atomic E-state index is 9.48. The number of hydrogen-bond donors (Lipinski definition) is 1. The molecule has 1 heterocycles. The van der Waals surface area contributed by atoms with Gasteiger partial charge in [0, 0.05) is 18.3 Å². The number of nitrogens with zero attached hydrogens (tertiary/aromatic N) is 1. The van der Waals surface area contributed by atoms with Crippen LogP contribution in [-0.2, 0) is 7.05 Å². The molecule has 1 aromatic heterocycles. The fraction of sp³-hybridized carbons (Fsp3) is 0.273. The van der Waals surface area contributed by atoms with Crippen LogP contribution in [0.1, 0.15) is 18.7 Å². The Morgan fingerprint density at radius 1 is 1.31 bits per heavy atom. The predicted octanol–water partition coefficient (Wildman–Crippen LogP) is 2.23. The zero-order chi connectivity index (χ0) is 9.42. The van der Waals surface area contributed by atoms with Crippen LogP contribution in [0.25, 0.3) is 10.9 Å². The molecule has 0 aliphatic carbocycles. The van der Waals surface area contributed by atoms with E-state index in [0.717, 1.165) is 5.69 Å². The molecule has 0 saturated heterocycles. The van der Waals surface area contributed by atoms with E-state index in [0.29, 0.717) is 0 Å². The Morgan fingerprint density at radius 2 is 2.00 bits per heavy atom. The highest BCUT2D eigenvalue weighted by molar-refractivity contribution is 5.81. The Morgan fingerprint density at radius 3 is 2.62 bits per heavy atom. The van der Waals surface area contributed by atoms with Gasteiger partial charge in [-0.25, -0.2) is 0 Å². The molecule has 0 amide bonds. The normalized spacial score (nSPS) is 13.5. The molecule has 0 fully saturated rings. The van der Waals surface area contributed by atoms with E-state index in [9.17, 15) is 5.11 Å². The Bertz CT molecular complexity index is 429. The molecule has 0 spiro atoms. The van der Waals surface area contributed by atoms with Crippen molar-refractivity contribution in [1.29, 1.82) is 0 Å². The first-order valence-electron chi connectivity index (χ1n) is 4.42. The predicted molar refractivity (Wildman–Crippen MR) is 53.6 cm³/mol. The molecule has 1 aromatic carbocycles. The average Bonchev–Trinajstić information content (AvgIpc) is 2.45. The second-order valence-corrected chi connectivity index (χ2v) is 3.36. The van der Waals surface area contributed by atoms with Crippen LogP contribution in [0.4, 0.5) is 0 Å². The minimum absolute atomic E-state index is 0.405. The summed E-state index contributed by atoms with van der Waals surface area (Å²) in [4.78, 5) is 0. The average molecular weight is 175 g/mol. The van der Waals surface area contributed by atoms with Crippen LogP contribution in [-0.4, -0.2) is 9.67 Å². The molecule has 2 rings (SSSR count). The van der Waals surface area contributed by atoms with Gasteiger partial charge in [-0.05, 0) is 24.4 Å². The van der Waals surface area contributed by atoms with E-state index >= 15 is 0 Å². The number of benzene rings is 1. The molecule has 0 radical (unpaired) electrons. The number of aromatic nitrogens is 1. The molecule has 13 heavy (non-hydrogen) atoms. The van der Waals surface area contributed by atoms with Gasteiger partial charge >= 0.3 is 0 Å². The van der Waals surface area contributed by atoms with Crippen molar-refractivity contribution >= 4 is 10.9 Å². The first-order chi connectivity index (χ1) is 6.20. The molecule has 0 aliphatic rings. The third-order valence-electron chi connectivity index (χ3n) is 2.42. The highest BCUT2D eigenvalue weighted by Crippen LogP contribution is 2.22. The van der Waals surface area contributed by atoms with E-state index in [4.69, 9.17) is 0 Å². The Kier molecular flexibility index (Phi) is 1.85. The summed E-state index contributed by atoms with van der Waals surface area (Å²) in [6.07, 6.45) is -0.405. The van der Waals surface area contributed by atoms with Gasteiger partial charge in [0.2, 0.25) is 0 Å². The van der Waals surface area contributed by atoms with E-state index < -0.39 is 6.10 Å². The summed E-state index contributed by atoms with van der Waals surface area (Å²) in [6, 6.07) is 10.2. The molecule has 0 bridgehead atoms. The molecule has 2 heteroatoms. The van der Waals surface area contributed by atoms with Crippen LogP contribution in [0.2, 0.25) is 0 Å². The summed E-state index contributed by atoms with van der Waals surface area (Å²) >= 11 is 0. The van der Waals surface area contributed by atoms with Gasteiger partial charge in [0.15, 0.2) is 0 Å². The SMILES string of the molecule is C[C@H](O)c1cc2ccccc2n1C. The first kappa shape index (κ1) is 8.32. The number of aryl methyl sites for hydroxylation is 1. The summed E-state index contributed by atoms with van der Waals surface area (Å²) in [7, 11) is 1.98. The van der Waals surface area contributed by atoms with Crippen LogP contribution in [0.5, 0.6) is 0 Å². The number of aliphatic hydroxyl groups is 1. The van der Waals surface area contributed by atoms with E-state index in [2.05, 4.69) is 12.1 Å². The topological polar surface area (TPSA) is 25.2 Å². The molecule has 1 atom stereocenters. The lowest BCUT2D eigenvalue weighted by Gasteiger charge is -2.05. The third kappa shape index (κ3) is 1.23. The molecule has 1 N–H and O–H groups in total. The quantitative estimate of drug-likeness (QED) is 0.706. The number of aliphatic hydroxyl groups excluding tert-OH is 1. The van der Waals surface area contributed by atoms with Crippen molar-refractivity contribution in [2.45, 2.75) is 13.0 Å². The second-order valence-electron chi connectivity index (χ2n) is 3.36. The molecule has 0 aliphatic heterocycles. The number of para-hydroxylation sites is 1. The summed E-state index contributed by atoms with van der Waals surface area (Å²) in [6.45, 7) is 1.79. The molecule has 68 valence electrons. The summed E-state index contributed by atoms with van der Waals surface area (Å²) in [5.41, 5.74) is 2.12. The largest absolute Gasteiger partial charge is 0.387 e. The van der Waals surface area contributed by atoms with Crippen molar-refractivity contribution in [1.82, 2.24) is 4.57 Å². The van der Waals surface area contributed by atoms with Gasteiger partial charge in [-0.15, -0.1) is 0 Å². The van der Waals surface area contributed by atoms with Crippen molar-refractivity contribution in [2.24, 2.45) is 7.05 Å². The number of hydrogen-bond acceptors (Lipinski definition) is 1. The molecule has 2 aromatic rings. The number of rotatable bonds is 1. The van der Waals surface area contributed by atoms with Crippen LogP contribution >= 0.6 is 0 Å². The lowest BCUT2D eigenvalue weighted by atomic mass is 10.2. The van der Waals surface area contributed by atoms with Gasteiger partial charge in [-0.1, -0.05) is 18.2 Å². The maximum Gasteiger partial charge on any atom is 0.0912 e. The molecule has 0 saturated carbocycles. The lowest BCUT2D eigenvalue weighted by molar-refractivity contribution is 0.191. The standard InChI is InChI=1S/C11H13NO/c1-8(13)11-7-9-5-3-4-6-10(9)12(11)2/h3-8,13H,1-2H3/t8-/m0/s1. The van der Waals surface area contributed by atoms with Gasteiger partial charge in [0.25, 0.3) is 0 Å². The van der Waals surface area contributed by atoms with E-state index in [1.807, 2.05) is 29.8 Å². The molecular formula is C11H13NO. The van der Waals surface area contributed by atoms with Crippen LogP contribution in [0, 0.1) is 0 Å². The first-order valence-corrected chi connectivity index (χ1v) is 4.42. The zero-order valence-corrected chi connectivity index (χ0v) is 7.86. The highest BCUT2D eigenvalue weighted by Gasteiger charge is 2.08. The number of fused-ring (bicyclic) bond motifs is 1. The fourth-order valence-corrected chi connectivity index (χ4v) is 1.71. The smallest absolute Gasteiger partial charge is 0.0912 e. The Labute approximate surface area is 77.4 Å². The van der Waals surface area contributed by atoms with Crippen molar-refractivity contribution in [3.05, 3.63) is 36.0 Å². The van der Waals surface area contributed by atoms with Crippen LogP contribution in [0.3, 0.4) is 0 Å². The van der Waals surface area contributed by atoms with Gasteiger partial charge < -0.3 is 9.67 Å². The van der Waals surface area contributed by atoms with E-state index in [1.165, 1.54) is 10.9 Å². The minimum Gasteiger partial charge on any atom is -0.387 e. The van der Waals surface area contributed by atoms with Crippen molar-refractivity contribution in [3.63, 3.8) is 0 Å². The van der Waals surface area contributed by atoms with E-state index in [-0.39, 0.29) is 0 Å². The molecular weight excluding hydrogens is 162 g/mol. The summed E-state index contributed by atoms with van der Waals surface area (Å²) < 4.78 is 2.03. The zero-order valence-electron chi connectivity index (χ0n) is 7.86. The summed E-state index contributed by atoms with van der Waals surface area (Å²) in [5, 5.41) is 10.7. The fourth-order valence-electron chi connectivity index (χ4n) is 1.71. The van der Waals surface area contributed by atoms with Crippen molar-refractivity contribution in [2.75, 3.05) is 0 Å².